The first-order valence-electron chi connectivity index (χ1n) is 18.7. The Kier molecular flexibility index (Phi) is 31.5. The Balaban J connectivity index is 3.87. The van der Waals surface area contributed by atoms with E-state index in [1.165, 1.54) is 115 Å². The van der Waals surface area contributed by atoms with Crippen LogP contribution in [0.5, 0.6) is 0 Å². The molecule has 0 aromatic carbocycles. The molecule has 0 radical (unpaired) electrons. The molecule has 0 aromatic rings. The van der Waals surface area contributed by atoms with E-state index in [-0.39, 0.29) is 12.3 Å². The summed E-state index contributed by atoms with van der Waals surface area (Å²) in [6.45, 7) is 4.39. The zero-order valence-electron chi connectivity index (χ0n) is 29.2. The number of rotatable bonds is 33. The smallest absolute Gasteiger partial charge is 0.267 e. The monoisotopic (exact) mass is 654 g/mol. The van der Waals surface area contributed by atoms with E-state index >= 15 is 0 Å². The van der Waals surface area contributed by atoms with E-state index in [4.69, 9.17) is 0 Å². The molecule has 2 unspecified atom stereocenters. The van der Waals surface area contributed by atoms with Crippen LogP contribution in [0.4, 0.5) is 0 Å². The number of carbonyl (C=O) groups excluding carboxylic acids is 1. The van der Waals surface area contributed by atoms with Gasteiger partial charge in [0.05, 0.1) is 17.9 Å². The largest absolute Gasteiger partial charge is 0.387 e. The second kappa shape index (κ2) is 32.5. The number of aliphatic hydroxyl groups is 1. The number of nitrogens with one attached hydrogen (secondary N) is 1. The molecule has 0 aromatic heterocycles. The highest BCUT2D eigenvalue weighted by molar-refractivity contribution is 7.85. The summed E-state index contributed by atoms with van der Waals surface area (Å²) in [6, 6.07) is -1.07. The Hall–Kier alpha value is -1.44. The molecule has 6 nitrogen and oxygen atoms in total. The van der Waals surface area contributed by atoms with Gasteiger partial charge in [0.2, 0.25) is 5.91 Å². The fraction of sp³-hybridized carbons (Fsp3) is 0.816. The normalized spacial score (nSPS) is 13.8. The second-order valence-electron chi connectivity index (χ2n) is 12.8. The van der Waals surface area contributed by atoms with Gasteiger partial charge in [0.15, 0.2) is 0 Å². The number of carbonyl (C=O) groups is 1. The van der Waals surface area contributed by atoms with E-state index in [0.717, 1.165) is 44.9 Å². The zero-order chi connectivity index (χ0) is 33.3. The van der Waals surface area contributed by atoms with Crippen LogP contribution in [0.1, 0.15) is 181 Å². The average molecular weight is 654 g/mol. The summed E-state index contributed by atoms with van der Waals surface area (Å²) in [4.78, 5) is 12.4. The zero-order valence-corrected chi connectivity index (χ0v) is 30.1. The molecule has 0 spiro atoms. The molecule has 0 aliphatic rings. The number of hydrogen-bond acceptors (Lipinski definition) is 4. The molecular formula is C38H71NO5S. The number of amides is 1. The molecule has 0 saturated heterocycles. The van der Waals surface area contributed by atoms with Crippen molar-refractivity contribution in [3.8, 4) is 0 Å². The number of aliphatic hydroxyl groups excluding tert-OH is 1. The first kappa shape index (κ1) is 43.6. The van der Waals surface area contributed by atoms with Gasteiger partial charge in [-0.3, -0.25) is 9.35 Å². The summed E-state index contributed by atoms with van der Waals surface area (Å²) in [5.74, 6) is -1.01. The Morgan fingerprint density at radius 2 is 0.978 bits per heavy atom. The van der Waals surface area contributed by atoms with Gasteiger partial charge in [0, 0.05) is 6.42 Å². The fourth-order valence-corrected chi connectivity index (χ4v) is 6.28. The molecule has 0 aliphatic heterocycles. The van der Waals surface area contributed by atoms with Gasteiger partial charge >= 0.3 is 0 Å². The summed E-state index contributed by atoms with van der Waals surface area (Å²) in [6.07, 6.45) is 41.5. The molecule has 0 aliphatic carbocycles. The number of allylic oxidation sites excluding steroid dienone is 5. The van der Waals surface area contributed by atoms with Crippen LogP contribution in [0.2, 0.25) is 0 Å². The molecule has 0 fully saturated rings. The molecular weight excluding hydrogens is 582 g/mol. The minimum absolute atomic E-state index is 0.287. The molecule has 2 atom stereocenters. The second-order valence-corrected chi connectivity index (χ2v) is 14.3. The maximum absolute atomic E-state index is 12.4. The van der Waals surface area contributed by atoms with Gasteiger partial charge in [-0.2, -0.15) is 8.42 Å². The average Bonchev–Trinajstić information content (AvgIpc) is 3.00. The van der Waals surface area contributed by atoms with E-state index < -0.39 is 28.0 Å². The highest BCUT2D eigenvalue weighted by Gasteiger charge is 2.24. The molecule has 1 amide bonds. The Bertz CT molecular complexity index is 852. The lowest BCUT2D eigenvalue weighted by Gasteiger charge is -2.21. The summed E-state index contributed by atoms with van der Waals surface area (Å²) in [7, 11) is -4.35. The fourth-order valence-electron chi connectivity index (χ4n) is 5.55. The van der Waals surface area contributed by atoms with Crippen LogP contribution < -0.4 is 5.32 Å². The van der Waals surface area contributed by atoms with Crippen LogP contribution in [0, 0.1) is 0 Å². The SMILES string of the molecule is CC/C=C/CC/C=C/CC/C=C/C(O)C(CS(=O)(=O)O)NC(=O)CCCCCCCCCCCCCCCCCCCCCC. The van der Waals surface area contributed by atoms with Crippen molar-refractivity contribution in [1.82, 2.24) is 5.32 Å². The van der Waals surface area contributed by atoms with E-state index in [9.17, 15) is 22.9 Å². The molecule has 264 valence electrons. The predicted molar refractivity (Wildman–Crippen MR) is 193 cm³/mol. The highest BCUT2D eigenvalue weighted by Crippen LogP contribution is 2.15. The molecule has 0 rings (SSSR count). The van der Waals surface area contributed by atoms with Crippen molar-refractivity contribution >= 4 is 16.0 Å². The van der Waals surface area contributed by atoms with Crippen molar-refractivity contribution in [3.63, 3.8) is 0 Å². The predicted octanol–water partition coefficient (Wildman–Crippen LogP) is 10.6. The van der Waals surface area contributed by atoms with Crippen molar-refractivity contribution in [2.24, 2.45) is 0 Å². The van der Waals surface area contributed by atoms with Gasteiger partial charge < -0.3 is 10.4 Å². The topological polar surface area (TPSA) is 104 Å². The lowest BCUT2D eigenvalue weighted by molar-refractivity contribution is -0.122. The standard InChI is InChI=1S/C38H71NO5S/c1-3-5-7-9-11-13-15-16-17-18-19-20-21-22-23-24-26-28-30-32-34-38(41)39-36(35-45(42,43)44)37(40)33-31-29-27-25-14-12-10-8-6-4-2/h6,8,14,25,31,33,36-37,40H,3-5,7,9-13,15-24,26-30,32,34-35H2,1-2H3,(H,39,41)(H,42,43,44)/b8-6+,25-14+,33-31+. The lowest BCUT2D eigenvalue weighted by atomic mass is 10.0. The van der Waals surface area contributed by atoms with Gasteiger partial charge in [-0.15, -0.1) is 0 Å². The van der Waals surface area contributed by atoms with Crippen LogP contribution >= 0.6 is 0 Å². The Morgan fingerprint density at radius 3 is 1.38 bits per heavy atom. The third-order valence-corrected chi connectivity index (χ3v) is 9.09. The van der Waals surface area contributed by atoms with Crippen LogP contribution in [0.15, 0.2) is 36.5 Å². The van der Waals surface area contributed by atoms with E-state index in [1.807, 2.05) is 0 Å². The van der Waals surface area contributed by atoms with Crippen LogP contribution in [-0.2, 0) is 14.9 Å². The van der Waals surface area contributed by atoms with E-state index in [0.29, 0.717) is 6.42 Å². The van der Waals surface area contributed by atoms with Gasteiger partial charge in [0.1, 0.15) is 0 Å². The van der Waals surface area contributed by atoms with Gasteiger partial charge in [0.25, 0.3) is 10.1 Å². The minimum Gasteiger partial charge on any atom is -0.387 e. The molecule has 7 heteroatoms. The van der Waals surface area contributed by atoms with E-state index in [2.05, 4.69) is 43.5 Å². The maximum Gasteiger partial charge on any atom is 0.267 e. The van der Waals surface area contributed by atoms with Crippen molar-refractivity contribution in [2.75, 3.05) is 5.75 Å². The van der Waals surface area contributed by atoms with Crippen LogP contribution in [-0.4, -0.2) is 41.9 Å². The summed E-state index contributed by atoms with van der Waals surface area (Å²) < 4.78 is 32.3. The first-order valence-corrected chi connectivity index (χ1v) is 20.3. The summed E-state index contributed by atoms with van der Waals surface area (Å²) in [5.41, 5.74) is 0. The van der Waals surface area contributed by atoms with Crippen molar-refractivity contribution in [2.45, 2.75) is 193 Å². The lowest BCUT2D eigenvalue weighted by Crippen LogP contribution is -2.46. The third-order valence-electron chi connectivity index (χ3n) is 8.31. The molecule has 0 saturated carbocycles. The van der Waals surface area contributed by atoms with Crippen LogP contribution in [0.25, 0.3) is 0 Å². The minimum atomic E-state index is -4.35. The number of hydrogen-bond donors (Lipinski definition) is 3. The quantitative estimate of drug-likeness (QED) is 0.0371. The maximum atomic E-state index is 12.4. The Morgan fingerprint density at radius 1 is 0.600 bits per heavy atom. The van der Waals surface area contributed by atoms with E-state index in [1.54, 1.807) is 6.08 Å². The van der Waals surface area contributed by atoms with Gasteiger partial charge in [-0.1, -0.05) is 172 Å². The van der Waals surface area contributed by atoms with Crippen molar-refractivity contribution < 1.29 is 22.9 Å². The third kappa shape index (κ3) is 33.7. The van der Waals surface area contributed by atoms with Gasteiger partial charge in [-0.25, -0.2) is 0 Å². The van der Waals surface area contributed by atoms with Crippen LogP contribution in [0.3, 0.4) is 0 Å². The molecule has 0 bridgehead atoms. The van der Waals surface area contributed by atoms with Crippen molar-refractivity contribution in [3.05, 3.63) is 36.5 Å². The summed E-state index contributed by atoms with van der Waals surface area (Å²) >= 11 is 0. The highest BCUT2D eigenvalue weighted by atomic mass is 32.2. The summed E-state index contributed by atoms with van der Waals surface area (Å²) in [5, 5.41) is 13.1. The molecule has 0 heterocycles. The number of unbranched alkanes of at least 4 members (excludes halogenated alkanes) is 21. The van der Waals surface area contributed by atoms with Crippen molar-refractivity contribution in [1.29, 1.82) is 0 Å². The molecule has 3 N–H and O–H groups in total. The Labute approximate surface area is 278 Å². The van der Waals surface area contributed by atoms with Gasteiger partial charge in [-0.05, 0) is 38.5 Å². The molecule has 45 heavy (non-hydrogen) atoms. The first-order chi connectivity index (χ1) is 21.8.